The molecule has 1 rings (SSSR count). The Kier molecular flexibility index (Phi) is 3.08. The van der Waals surface area contributed by atoms with Gasteiger partial charge in [-0.2, -0.15) is 0 Å². The second kappa shape index (κ2) is 3.80. The van der Waals surface area contributed by atoms with E-state index in [0.717, 1.165) is 5.46 Å². The zero-order valence-electron chi connectivity index (χ0n) is 8.41. The molecule has 1 aromatic rings. The van der Waals surface area contributed by atoms with Gasteiger partial charge in [0.1, 0.15) is 28.7 Å². The van der Waals surface area contributed by atoms with Gasteiger partial charge in [0.05, 0.1) is 7.85 Å². The molecule has 0 amide bonds. The first kappa shape index (κ1) is 11.4. The molecule has 0 atom stereocenters. The molecule has 0 aromatic heterocycles. The van der Waals surface area contributed by atoms with Crippen LogP contribution in [0.2, 0.25) is 5.21 Å². The van der Waals surface area contributed by atoms with Gasteiger partial charge in [-0.1, -0.05) is 47.6 Å². The smallest absolute Gasteiger partial charge is 0.148 e. The van der Waals surface area contributed by atoms with Gasteiger partial charge >= 0.3 is 0 Å². The van der Waals surface area contributed by atoms with Gasteiger partial charge in [0.2, 0.25) is 0 Å². The Hall–Kier alpha value is -0.720. The van der Waals surface area contributed by atoms with Gasteiger partial charge in [0.15, 0.2) is 0 Å². The topological polar surface area (TPSA) is 20.2 Å². The molecule has 0 spiro atoms. The van der Waals surface area contributed by atoms with E-state index >= 15 is 0 Å². The van der Waals surface area contributed by atoms with Crippen molar-refractivity contribution in [2.45, 2.75) is 19.1 Å². The van der Waals surface area contributed by atoms with Gasteiger partial charge in [0, 0.05) is 0 Å². The van der Waals surface area contributed by atoms with Crippen molar-refractivity contribution in [2.24, 2.45) is 0 Å². The molecule has 1 N–H and O–H groups in total. The monoisotopic (exact) mass is 177 g/mol. The molecule has 14 heavy (non-hydrogen) atoms. The van der Waals surface area contributed by atoms with E-state index in [4.69, 9.17) is 23.5 Å². The van der Waals surface area contributed by atoms with Crippen LogP contribution in [0.1, 0.15) is 13.8 Å². The summed E-state index contributed by atoms with van der Waals surface area (Å²) in [6.07, 6.45) is 0. The largest absolute Gasteiger partial charge is 0.509 e. The minimum atomic E-state index is -0.435. The molecular formula is C9H9B4O. The minimum Gasteiger partial charge on any atom is -0.509 e. The molecule has 0 bridgehead atoms. The normalized spacial score (nSPS) is 11.3. The Morgan fingerprint density at radius 3 is 2.00 bits per heavy atom. The van der Waals surface area contributed by atoms with Crippen molar-refractivity contribution in [3.8, 4) is 5.75 Å². The van der Waals surface area contributed by atoms with E-state index in [9.17, 15) is 5.11 Å². The van der Waals surface area contributed by atoms with Crippen LogP contribution >= 0.6 is 0 Å². The van der Waals surface area contributed by atoms with Gasteiger partial charge in [-0.15, -0.1) is 0 Å². The summed E-state index contributed by atoms with van der Waals surface area (Å²) in [5.74, 6) is -0.0722. The van der Waals surface area contributed by atoms with Crippen molar-refractivity contribution in [3.05, 3.63) is 12.1 Å². The van der Waals surface area contributed by atoms with Gasteiger partial charge in [-0.3, -0.25) is 0 Å². The highest BCUT2D eigenvalue weighted by Gasteiger charge is 2.14. The second-order valence-corrected chi connectivity index (χ2v) is 4.01. The molecule has 0 aliphatic heterocycles. The van der Waals surface area contributed by atoms with E-state index in [2.05, 4.69) is 0 Å². The zero-order valence-corrected chi connectivity index (χ0v) is 8.41. The number of hydrogen-bond donors (Lipinski definition) is 1. The number of benzene rings is 1. The van der Waals surface area contributed by atoms with Gasteiger partial charge < -0.3 is 5.11 Å². The van der Waals surface area contributed by atoms with Crippen LogP contribution in [0.3, 0.4) is 0 Å². The Morgan fingerprint density at radius 2 is 1.64 bits per heavy atom. The van der Waals surface area contributed by atoms with E-state index in [0.29, 0.717) is 0 Å². The van der Waals surface area contributed by atoms with Crippen molar-refractivity contribution in [1.82, 2.24) is 0 Å². The van der Waals surface area contributed by atoms with Crippen molar-refractivity contribution < 1.29 is 5.11 Å². The fraction of sp³-hybridized carbons (Fsp3) is 0.333. The van der Waals surface area contributed by atoms with Gasteiger partial charge in [-0.05, 0) is 0 Å². The molecule has 0 saturated heterocycles. The molecule has 0 fully saturated rings. The average molecular weight is 176 g/mol. The number of phenolic OH excluding ortho intramolecular Hbond substituents is 1. The third-order valence-electron chi connectivity index (χ3n) is 1.73. The summed E-state index contributed by atoms with van der Waals surface area (Å²) in [5.41, 5.74) is 1.34. The van der Waals surface area contributed by atoms with Crippen LogP contribution < -0.4 is 16.4 Å². The molecule has 7 radical (unpaired) electrons. The molecule has 63 valence electrons. The predicted molar refractivity (Wildman–Crippen MR) is 64.1 cm³/mol. The van der Waals surface area contributed by atoms with Crippen LogP contribution in [0.25, 0.3) is 0 Å². The summed E-state index contributed by atoms with van der Waals surface area (Å²) in [6.45, 7) is 3.73. The highest BCUT2D eigenvalue weighted by molar-refractivity contribution is 6.66. The standard InChI is InChI=1S/C9H9B4O/c1-9(2,12)13-5-3-6(10)8(14)7(11)4-5/h3-4,14H,1-2H3. The fourth-order valence-electron chi connectivity index (χ4n) is 1.22. The van der Waals surface area contributed by atoms with Crippen LogP contribution in [-0.4, -0.2) is 35.9 Å². The SMILES string of the molecule is [B]c1cc([B]C([B])(C)C)cc([B])c1O. The van der Waals surface area contributed by atoms with E-state index < -0.39 is 5.21 Å². The summed E-state index contributed by atoms with van der Waals surface area (Å²) in [7, 11) is 18.7. The third-order valence-corrected chi connectivity index (χ3v) is 1.73. The van der Waals surface area contributed by atoms with Crippen molar-refractivity contribution in [3.63, 3.8) is 0 Å². The summed E-state index contributed by atoms with van der Waals surface area (Å²) in [6, 6.07) is 3.28. The quantitative estimate of drug-likeness (QED) is 0.552. The summed E-state index contributed by atoms with van der Waals surface area (Å²) in [4.78, 5) is 0. The maximum Gasteiger partial charge on any atom is 0.148 e. The van der Waals surface area contributed by atoms with Crippen LogP contribution in [0.4, 0.5) is 0 Å². The lowest BCUT2D eigenvalue weighted by molar-refractivity contribution is 0.484. The molecule has 0 aliphatic rings. The molecule has 0 aliphatic carbocycles. The van der Waals surface area contributed by atoms with E-state index in [1.54, 1.807) is 12.1 Å². The number of rotatable bonds is 2. The molecule has 0 saturated carbocycles. The zero-order chi connectivity index (χ0) is 10.9. The molecule has 1 aromatic carbocycles. The van der Waals surface area contributed by atoms with Crippen LogP contribution in [-0.2, 0) is 0 Å². The average Bonchev–Trinajstić information content (AvgIpc) is 1.96. The van der Waals surface area contributed by atoms with Crippen LogP contribution in [0.15, 0.2) is 12.1 Å². The van der Waals surface area contributed by atoms with Crippen molar-refractivity contribution >= 4 is 47.2 Å². The molecule has 0 heterocycles. The third kappa shape index (κ3) is 2.90. The lowest BCUT2D eigenvalue weighted by Gasteiger charge is -2.18. The molecule has 5 heteroatoms. The predicted octanol–water partition coefficient (Wildman–Crippen LogP) is -1.37. The van der Waals surface area contributed by atoms with E-state index in [1.165, 1.54) is 0 Å². The first-order chi connectivity index (χ1) is 6.29. The van der Waals surface area contributed by atoms with Crippen molar-refractivity contribution in [2.75, 3.05) is 0 Å². The summed E-state index contributed by atoms with van der Waals surface area (Å²) >= 11 is 0. The number of aromatic hydroxyl groups is 1. The summed E-state index contributed by atoms with van der Waals surface area (Å²) in [5, 5.41) is 8.90. The first-order valence-corrected chi connectivity index (χ1v) is 4.32. The highest BCUT2D eigenvalue weighted by Crippen LogP contribution is 2.14. The molecular weight excluding hydrogens is 167 g/mol. The molecule has 0 unspecified atom stereocenters. The van der Waals surface area contributed by atoms with E-state index in [-0.39, 0.29) is 16.7 Å². The van der Waals surface area contributed by atoms with E-state index in [1.807, 2.05) is 21.1 Å². The van der Waals surface area contributed by atoms with Crippen LogP contribution in [0, 0.1) is 0 Å². The fourth-order valence-corrected chi connectivity index (χ4v) is 1.22. The number of phenols is 1. The summed E-state index contributed by atoms with van der Waals surface area (Å²) < 4.78 is 0. The lowest BCUT2D eigenvalue weighted by Crippen LogP contribution is -2.32. The van der Waals surface area contributed by atoms with Gasteiger partial charge in [-0.25, -0.2) is 0 Å². The first-order valence-electron chi connectivity index (χ1n) is 4.32. The Bertz CT molecular complexity index is 320. The lowest BCUT2D eigenvalue weighted by atomic mass is 9.41. The maximum atomic E-state index is 9.33. The molecule has 1 nitrogen and oxygen atoms in total. The Labute approximate surface area is 89.8 Å². The minimum absolute atomic E-state index is 0.0722. The Balaban J connectivity index is 3.02. The Morgan fingerprint density at radius 1 is 1.21 bits per heavy atom. The van der Waals surface area contributed by atoms with Gasteiger partial charge in [0.25, 0.3) is 0 Å². The number of hydrogen-bond acceptors (Lipinski definition) is 1. The van der Waals surface area contributed by atoms with Crippen LogP contribution in [0.5, 0.6) is 5.75 Å². The second-order valence-electron chi connectivity index (χ2n) is 4.01. The highest BCUT2D eigenvalue weighted by atomic mass is 16.3. The van der Waals surface area contributed by atoms with Crippen molar-refractivity contribution in [1.29, 1.82) is 0 Å². The maximum absolute atomic E-state index is 9.33.